The molecule has 1 amide bonds. The average molecular weight is 341 g/mol. The van der Waals surface area contributed by atoms with Gasteiger partial charge < -0.3 is 19.5 Å². The number of esters is 1. The number of ether oxygens (including phenoxy) is 1. The van der Waals surface area contributed by atoms with E-state index < -0.39 is 18.0 Å². The molecule has 0 saturated carbocycles. The first-order valence-electron chi connectivity index (χ1n) is 7.55. The molecule has 0 fully saturated rings. The predicted molar refractivity (Wildman–Crippen MR) is 87.9 cm³/mol. The van der Waals surface area contributed by atoms with E-state index in [1.165, 1.54) is 12.3 Å². The molecule has 0 spiro atoms. The van der Waals surface area contributed by atoms with E-state index in [4.69, 9.17) is 9.15 Å². The maximum Gasteiger partial charge on any atom is 0.326 e. The van der Waals surface area contributed by atoms with Crippen LogP contribution in [0.2, 0.25) is 0 Å². The molecule has 0 bridgehead atoms. The fraction of sp³-hybridized carbons (Fsp3) is 0.176. The Morgan fingerprint density at radius 2 is 2.08 bits per heavy atom. The molecule has 1 aromatic carbocycles. The summed E-state index contributed by atoms with van der Waals surface area (Å²) in [6, 6.07) is 9.91. The van der Waals surface area contributed by atoms with Gasteiger partial charge in [-0.15, -0.1) is 0 Å². The molecule has 2 heterocycles. The van der Waals surface area contributed by atoms with Crippen LogP contribution in [0.15, 0.2) is 51.9 Å². The molecule has 25 heavy (non-hydrogen) atoms. The number of benzene rings is 1. The second kappa shape index (κ2) is 7.00. The molecule has 3 aromatic rings. The third-order valence-electron chi connectivity index (χ3n) is 3.46. The zero-order valence-electron chi connectivity index (χ0n) is 13.3. The van der Waals surface area contributed by atoms with Crippen LogP contribution in [0.4, 0.5) is 0 Å². The maximum atomic E-state index is 12.0. The van der Waals surface area contributed by atoms with Gasteiger partial charge in [0.2, 0.25) is 0 Å². The fourth-order valence-corrected chi connectivity index (χ4v) is 2.24. The van der Waals surface area contributed by atoms with Crippen LogP contribution in [0.1, 0.15) is 29.4 Å². The van der Waals surface area contributed by atoms with Gasteiger partial charge in [-0.3, -0.25) is 14.4 Å². The second-order valence-electron chi connectivity index (χ2n) is 5.26. The molecular weight excluding hydrogens is 326 g/mol. The van der Waals surface area contributed by atoms with Crippen LogP contribution < -0.4 is 10.9 Å². The monoisotopic (exact) mass is 341 g/mol. The highest BCUT2D eigenvalue weighted by Gasteiger charge is 2.17. The number of fused-ring (bicyclic) bond motifs is 1. The average Bonchev–Trinajstić information content (AvgIpc) is 3.14. The number of nitrogens with one attached hydrogen (secondary N) is 2. The Kier molecular flexibility index (Phi) is 4.60. The highest BCUT2D eigenvalue weighted by atomic mass is 16.5. The molecule has 2 aromatic heterocycles. The van der Waals surface area contributed by atoms with Crippen molar-refractivity contribution in [2.24, 2.45) is 0 Å². The topological polar surface area (TPSA) is 114 Å². The number of aromatic amines is 1. The number of carbonyl (C=O) groups excluding carboxylic acids is 2. The van der Waals surface area contributed by atoms with Crippen LogP contribution in [0.3, 0.4) is 0 Å². The molecule has 0 aliphatic heterocycles. The highest BCUT2D eigenvalue weighted by molar-refractivity contribution is 5.93. The molecule has 3 rings (SSSR count). The van der Waals surface area contributed by atoms with Crippen molar-refractivity contribution in [1.29, 1.82) is 0 Å². The number of furan rings is 1. The van der Waals surface area contributed by atoms with Crippen molar-refractivity contribution >= 4 is 22.8 Å². The number of para-hydroxylation sites is 1. The van der Waals surface area contributed by atoms with Crippen molar-refractivity contribution in [1.82, 2.24) is 15.3 Å². The van der Waals surface area contributed by atoms with Gasteiger partial charge in [0.05, 0.1) is 17.2 Å². The quantitative estimate of drug-likeness (QED) is 0.681. The summed E-state index contributed by atoms with van der Waals surface area (Å²) in [6.07, 6.45) is 0.585. The summed E-state index contributed by atoms with van der Waals surface area (Å²) in [5, 5.41) is 2.84. The van der Waals surface area contributed by atoms with Gasteiger partial charge in [0, 0.05) is 0 Å². The van der Waals surface area contributed by atoms with Crippen molar-refractivity contribution < 1.29 is 18.7 Å². The lowest BCUT2D eigenvalue weighted by atomic mass is 10.2. The lowest BCUT2D eigenvalue weighted by molar-refractivity contribution is -0.147. The lowest BCUT2D eigenvalue weighted by Gasteiger charge is -2.13. The van der Waals surface area contributed by atoms with Gasteiger partial charge in [0.1, 0.15) is 6.54 Å². The lowest BCUT2D eigenvalue weighted by Crippen LogP contribution is -2.31. The summed E-state index contributed by atoms with van der Waals surface area (Å²) in [7, 11) is 0. The molecule has 8 nitrogen and oxygen atoms in total. The Balaban J connectivity index is 1.63. The summed E-state index contributed by atoms with van der Waals surface area (Å²) in [6.45, 7) is 1.25. The summed E-state index contributed by atoms with van der Waals surface area (Å²) < 4.78 is 10.1. The fourth-order valence-electron chi connectivity index (χ4n) is 2.24. The molecule has 2 N–H and O–H groups in total. The van der Waals surface area contributed by atoms with Crippen molar-refractivity contribution in [2.45, 2.75) is 13.0 Å². The molecule has 128 valence electrons. The van der Waals surface area contributed by atoms with Gasteiger partial charge in [-0.25, -0.2) is 4.98 Å². The summed E-state index contributed by atoms with van der Waals surface area (Å²) in [5.74, 6) is -0.856. The molecule has 0 unspecified atom stereocenters. The Morgan fingerprint density at radius 1 is 1.28 bits per heavy atom. The van der Waals surface area contributed by atoms with E-state index in [-0.39, 0.29) is 23.7 Å². The minimum absolute atomic E-state index is 0.0985. The Morgan fingerprint density at radius 3 is 2.84 bits per heavy atom. The summed E-state index contributed by atoms with van der Waals surface area (Å²) in [5.41, 5.74) is 0.199. The van der Waals surface area contributed by atoms with Crippen LogP contribution in [0, 0.1) is 0 Å². The van der Waals surface area contributed by atoms with Crippen molar-refractivity contribution in [2.75, 3.05) is 6.54 Å². The van der Waals surface area contributed by atoms with Crippen molar-refractivity contribution in [3.63, 3.8) is 0 Å². The van der Waals surface area contributed by atoms with E-state index in [1.54, 1.807) is 37.3 Å². The molecule has 0 radical (unpaired) electrons. The zero-order chi connectivity index (χ0) is 17.8. The molecule has 8 heteroatoms. The van der Waals surface area contributed by atoms with Gasteiger partial charge in [0.15, 0.2) is 17.7 Å². The maximum absolute atomic E-state index is 12.0. The van der Waals surface area contributed by atoms with E-state index >= 15 is 0 Å². The number of aromatic nitrogens is 2. The SMILES string of the molecule is C[C@H](OC(=O)CNC(=O)c1ccco1)c1nc2ccccc2c(=O)[nH]1. The van der Waals surface area contributed by atoms with E-state index in [1.807, 2.05) is 0 Å². The number of nitrogens with zero attached hydrogens (tertiary/aromatic N) is 1. The van der Waals surface area contributed by atoms with Gasteiger partial charge in [-0.05, 0) is 31.2 Å². The van der Waals surface area contributed by atoms with Crippen molar-refractivity contribution in [3.8, 4) is 0 Å². The molecule has 1 atom stereocenters. The molecular formula is C17H15N3O5. The van der Waals surface area contributed by atoms with Crippen LogP contribution in [-0.2, 0) is 9.53 Å². The first kappa shape index (κ1) is 16.4. The third kappa shape index (κ3) is 3.74. The highest BCUT2D eigenvalue weighted by Crippen LogP contribution is 2.14. The van der Waals surface area contributed by atoms with E-state index in [0.29, 0.717) is 10.9 Å². The molecule has 0 aliphatic carbocycles. The van der Waals surface area contributed by atoms with E-state index in [2.05, 4.69) is 15.3 Å². The first-order chi connectivity index (χ1) is 12.0. The minimum atomic E-state index is -0.773. The zero-order valence-corrected chi connectivity index (χ0v) is 13.3. The van der Waals surface area contributed by atoms with Gasteiger partial charge in [0.25, 0.3) is 11.5 Å². The molecule has 0 saturated heterocycles. The van der Waals surface area contributed by atoms with E-state index in [0.717, 1.165) is 0 Å². The van der Waals surface area contributed by atoms with Crippen LogP contribution >= 0.6 is 0 Å². The minimum Gasteiger partial charge on any atom is -0.459 e. The van der Waals surface area contributed by atoms with Gasteiger partial charge in [-0.1, -0.05) is 12.1 Å². The van der Waals surface area contributed by atoms with Gasteiger partial charge in [-0.2, -0.15) is 0 Å². The van der Waals surface area contributed by atoms with Crippen molar-refractivity contribution in [3.05, 3.63) is 64.6 Å². The Labute approximate surface area is 141 Å². The standard InChI is InChI=1S/C17H15N3O5/c1-10(15-19-12-6-3-2-5-11(12)16(22)20-15)25-14(21)9-18-17(23)13-7-4-8-24-13/h2-8,10H,9H2,1H3,(H,18,23)(H,19,20,22)/t10-/m0/s1. The Hall–Kier alpha value is -3.42. The van der Waals surface area contributed by atoms with Gasteiger partial charge >= 0.3 is 5.97 Å². The smallest absolute Gasteiger partial charge is 0.326 e. The number of hydrogen-bond donors (Lipinski definition) is 2. The molecule has 0 aliphatic rings. The van der Waals surface area contributed by atoms with Crippen LogP contribution in [0.5, 0.6) is 0 Å². The second-order valence-corrected chi connectivity index (χ2v) is 5.26. The normalized spacial score (nSPS) is 11.9. The number of rotatable bonds is 5. The van der Waals surface area contributed by atoms with Crippen LogP contribution in [0.25, 0.3) is 10.9 Å². The first-order valence-corrected chi connectivity index (χ1v) is 7.55. The number of hydrogen-bond acceptors (Lipinski definition) is 6. The third-order valence-corrected chi connectivity index (χ3v) is 3.46. The summed E-state index contributed by atoms with van der Waals surface area (Å²) in [4.78, 5) is 42.5. The number of amides is 1. The predicted octanol–water partition coefficient (Wildman–Crippen LogP) is 1.55. The number of H-pyrrole nitrogens is 1. The van der Waals surface area contributed by atoms with Crippen LogP contribution in [-0.4, -0.2) is 28.4 Å². The largest absolute Gasteiger partial charge is 0.459 e. The van der Waals surface area contributed by atoms with E-state index in [9.17, 15) is 14.4 Å². The summed E-state index contributed by atoms with van der Waals surface area (Å²) >= 11 is 0. The Bertz CT molecular complexity index is 962. The number of carbonyl (C=O) groups is 2.